The summed E-state index contributed by atoms with van der Waals surface area (Å²) in [5, 5.41) is 7.75. The van der Waals surface area contributed by atoms with Crippen molar-refractivity contribution in [3.63, 3.8) is 0 Å². The second-order valence-corrected chi connectivity index (χ2v) is 2.56. The van der Waals surface area contributed by atoms with E-state index in [4.69, 9.17) is 0 Å². The van der Waals surface area contributed by atoms with Crippen LogP contribution in [-0.4, -0.2) is 16.5 Å². The predicted octanol–water partition coefficient (Wildman–Crippen LogP) is 1.11. The van der Waals surface area contributed by atoms with Crippen molar-refractivity contribution in [2.75, 3.05) is 0 Å². The Morgan fingerprint density at radius 1 is 1.46 bits per heavy atom. The third-order valence-electron chi connectivity index (χ3n) is 1.72. The van der Waals surface area contributed by atoms with Crippen molar-refractivity contribution in [3.8, 4) is 11.8 Å². The summed E-state index contributed by atoms with van der Waals surface area (Å²) in [5.74, 6) is 5.07. The number of aromatic nitrogens is 2. The Morgan fingerprint density at radius 2 is 2.38 bits per heavy atom. The molecule has 0 saturated heterocycles. The van der Waals surface area contributed by atoms with Gasteiger partial charge in [0.15, 0.2) is 6.29 Å². The Balaban J connectivity index is 2.54. The molecule has 0 aliphatic heterocycles. The summed E-state index contributed by atoms with van der Waals surface area (Å²) in [6.45, 7) is 0. The molecular formula is C10H6N2O. The fourth-order valence-corrected chi connectivity index (χ4v) is 1.13. The Bertz CT molecular complexity index is 502. The highest BCUT2D eigenvalue weighted by molar-refractivity contribution is 5.80. The molecule has 0 amide bonds. The fourth-order valence-electron chi connectivity index (χ4n) is 1.13. The number of hydrogen-bond donors (Lipinski definition) is 1. The molecular weight excluding hydrogens is 164 g/mol. The lowest BCUT2D eigenvalue weighted by molar-refractivity contribution is -0.103. The van der Waals surface area contributed by atoms with Crippen LogP contribution in [0.1, 0.15) is 5.56 Å². The molecule has 0 aliphatic rings. The molecule has 13 heavy (non-hydrogen) atoms. The molecule has 0 aliphatic carbocycles. The Kier molecular flexibility index (Phi) is 1.81. The lowest BCUT2D eigenvalue weighted by Gasteiger charge is -1.89. The van der Waals surface area contributed by atoms with Crippen molar-refractivity contribution < 1.29 is 4.79 Å². The number of aromatic amines is 1. The highest BCUT2D eigenvalue weighted by Crippen LogP contribution is 2.11. The summed E-state index contributed by atoms with van der Waals surface area (Å²) >= 11 is 0. The number of fused-ring (bicyclic) bond motifs is 1. The molecule has 0 bridgehead atoms. The Labute approximate surface area is 74.8 Å². The molecule has 1 aromatic heterocycles. The van der Waals surface area contributed by atoms with Crippen LogP contribution in [0.3, 0.4) is 0 Å². The first-order valence-electron chi connectivity index (χ1n) is 3.78. The van der Waals surface area contributed by atoms with Crippen LogP contribution < -0.4 is 0 Å². The fraction of sp³-hybridized carbons (Fsp3) is 0. The molecule has 3 nitrogen and oxygen atoms in total. The van der Waals surface area contributed by atoms with Crippen molar-refractivity contribution in [2.45, 2.75) is 0 Å². The van der Waals surface area contributed by atoms with Gasteiger partial charge in [0.1, 0.15) is 0 Å². The first kappa shape index (κ1) is 7.56. The van der Waals surface area contributed by atoms with Crippen molar-refractivity contribution in [1.82, 2.24) is 10.2 Å². The van der Waals surface area contributed by atoms with Gasteiger partial charge in [-0.15, -0.1) is 0 Å². The van der Waals surface area contributed by atoms with E-state index in [0.29, 0.717) is 6.29 Å². The van der Waals surface area contributed by atoms with Gasteiger partial charge in [0.25, 0.3) is 0 Å². The molecule has 0 fully saturated rings. The molecule has 2 rings (SSSR count). The van der Waals surface area contributed by atoms with Crippen LogP contribution in [0.25, 0.3) is 10.9 Å². The average molecular weight is 170 g/mol. The lowest BCUT2D eigenvalue weighted by Crippen LogP contribution is -1.75. The smallest absolute Gasteiger partial charge is 0.193 e. The standard InChI is InChI=1S/C10H6N2O/c13-5-1-2-8-3-4-9-7-11-12-10(9)6-8/h3-7H,(H,11,12). The van der Waals surface area contributed by atoms with Crippen LogP contribution >= 0.6 is 0 Å². The number of carbonyl (C=O) groups excluding carboxylic acids is 1. The third-order valence-corrected chi connectivity index (χ3v) is 1.72. The van der Waals surface area contributed by atoms with Gasteiger partial charge in [-0.2, -0.15) is 5.10 Å². The van der Waals surface area contributed by atoms with Gasteiger partial charge in [0, 0.05) is 10.9 Å². The normalized spacial score (nSPS) is 9.23. The van der Waals surface area contributed by atoms with Gasteiger partial charge >= 0.3 is 0 Å². The Morgan fingerprint density at radius 3 is 3.23 bits per heavy atom. The second-order valence-electron chi connectivity index (χ2n) is 2.56. The van der Waals surface area contributed by atoms with Gasteiger partial charge in [-0.05, 0) is 24.1 Å². The number of benzene rings is 1. The van der Waals surface area contributed by atoms with Gasteiger partial charge in [-0.3, -0.25) is 9.89 Å². The Hall–Kier alpha value is -2.08. The quantitative estimate of drug-likeness (QED) is 0.475. The number of nitrogens with one attached hydrogen (secondary N) is 1. The maximum absolute atomic E-state index is 10.00. The van der Waals surface area contributed by atoms with Crippen molar-refractivity contribution in [1.29, 1.82) is 0 Å². The topological polar surface area (TPSA) is 45.8 Å². The lowest BCUT2D eigenvalue weighted by atomic mass is 10.2. The van der Waals surface area contributed by atoms with Crippen LogP contribution in [0.2, 0.25) is 0 Å². The molecule has 1 N–H and O–H groups in total. The minimum absolute atomic E-state index is 0.581. The monoisotopic (exact) mass is 170 g/mol. The number of rotatable bonds is 0. The zero-order chi connectivity index (χ0) is 9.10. The summed E-state index contributed by atoms with van der Waals surface area (Å²) < 4.78 is 0. The molecule has 3 heteroatoms. The van der Waals surface area contributed by atoms with E-state index in [0.717, 1.165) is 16.5 Å². The first-order chi connectivity index (χ1) is 6.40. The van der Waals surface area contributed by atoms with Gasteiger partial charge in [0.2, 0.25) is 0 Å². The first-order valence-corrected chi connectivity index (χ1v) is 3.78. The molecule has 1 heterocycles. The van der Waals surface area contributed by atoms with Crippen LogP contribution in [0.5, 0.6) is 0 Å². The maximum atomic E-state index is 10.00. The summed E-state index contributed by atoms with van der Waals surface area (Å²) in [5.41, 5.74) is 1.74. The number of H-pyrrole nitrogens is 1. The second kappa shape index (κ2) is 3.11. The third kappa shape index (κ3) is 1.42. The predicted molar refractivity (Wildman–Crippen MR) is 49.0 cm³/mol. The molecule has 1 aromatic carbocycles. The average Bonchev–Trinajstić information content (AvgIpc) is 2.61. The summed E-state index contributed by atoms with van der Waals surface area (Å²) in [7, 11) is 0. The summed E-state index contributed by atoms with van der Waals surface area (Å²) in [4.78, 5) is 10.00. The van der Waals surface area contributed by atoms with Crippen LogP contribution in [0, 0.1) is 11.8 Å². The van der Waals surface area contributed by atoms with Crippen molar-refractivity contribution in [3.05, 3.63) is 30.0 Å². The van der Waals surface area contributed by atoms with Crippen LogP contribution in [-0.2, 0) is 4.79 Å². The van der Waals surface area contributed by atoms with Crippen molar-refractivity contribution >= 4 is 17.2 Å². The number of hydrogen-bond acceptors (Lipinski definition) is 2. The van der Waals surface area contributed by atoms with E-state index in [9.17, 15) is 4.79 Å². The van der Waals surface area contributed by atoms with E-state index in [1.54, 1.807) is 6.20 Å². The van der Waals surface area contributed by atoms with E-state index in [1.807, 2.05) is 18.2 Å². The zero-order valence-corrected chi connectivity index (χ0v) is 6.74. The van der Waals surface area contributed by atoms with E-state index in [1.165, 1.54) is 0 Å². The zero-order valence-electron chi connectivity index (χ0n) is 6.74. The minimum atomic E-state index is 0.581. The molecule has 0 atom stereocenters. The van der Waals surface area contributed by atoms with Crippen molar-refractivity contribution in [2.24, 2.45) is 0 Å². The molecule has 0 radical (unpaired) electrons. The largest absolute Gasteiger partial charge is 0.289 e. The van der Waals surface area contributed by atoms with Crippen LogP contribution in [0.15, 0.2) is 24.4 Å². The molecule has 0 unspecified atom stereocenters. The van der Waals surface area contributed by atoms with Gasteiger partial charge in [0.05, 0.1) is 11.7 Å². The van der Waals surface area contributed by atoms with Gasteiger partial charge < -0.3 is 0 Å². The SMILES string of the molecule is O=CC#Cc1ccc2cn[nH]c2c1. The van der Waals surface area contributed by atoms with E-state index >= 15 is 0 Å². The maximum Gasteiger partial charge on any atom is 0.193 e. The molecule has 0 spiro atoms. The van der Waals surface area contributed by atoms with Crippen LogP contribution in [0.4, 0.5) is 0 Å². The molecule has 2 aromatic rings. The number of aldehydes is 1. The highest BCUT2D eigenvalue weighted by atomic mass is 16.1. The number of nitrogens with zero attached hydrogens (tertiary/aromatic N) is 1. The number of carbonyl (C=O) groups is 1. The summed E-state index contributed by atoms with van der Waals surface area (Å²) in [6.07, 6.45) is 2.32. The van der Waals surface area contributed by atoms with E-state index < -0.39 is 0 Å². The van der Waals surface area contributed by atoms with E-state index in [2.05, 4.69) is 22.0 Å². The summed E-state index contributed by atoms with van der Waals surface area (Å²) in [6, 6.07) is 5.63. The van der Waals surface area contributed by atoms with Gasteiger partial charge in [-0.1, -0.05) is 5.92 Å². The molecule has 0 saturated carbocycles. The van der Waals surface area contributed by atoms with Gasteiger partial charge in [-0.25, -0.2) is 0 Å². The van der Waals surface area contributed by atoms with E-state index in [-0.39, 0.29) is 0 Å². The minimum Gasteiger partial charge on any atom is -0.289 e. The highest BCUT2D eigenvalue weighted by Gasteiger charge is 1.94. The molecule has 62 valence electrons.